The molecule has 1 heterocycles. The number of thioether (sulfide) groups is 1. The number of benzene rings is 1. The molecule has 0 unspecified atom stereocenters. The van der Waals surface area contributed by atoms with Gasteiger partial charge >= 0.3 is 0 Å². The molecule has 5 nitrogen and oxygen atoms in total. The third kappa shape index (κ3) is 3.82. The Labute approximate surface area is 144 Å². The number of imide groups is 1. The van der Waals surface area contributed by atoms with Crippen LogP contribution in [-0.2, 0) is 4.79 Å². The van der Waals surface area contributed by atoms with E-state index in [4.69, 9.17) is 21.1 Å². The molecule has 2 rings (SSSR count). The molecule has 0 atom stereocenters. The summed E-state index contributed by atoms with van der Waals surface area (Å²) in [5.74, 6) is 0.776. The highest BCUT2D eigenvalue weighted by atomic mass is 35.5. The third-order valence-corrected chi connectivity index (χ3v) is 4.42. The van der Waals surface area contributed by atoms with Gasteiger partial charge in [-0.25, -0.2) is 0 Å². The van der Waals surface area contributed by atoms with Gasteiger partial charge in [0.05, 0.1) is 23.6 Å². The highest BCUT2D eigenvalue weighted by molar-refractivity contribution is 8.18. The Morgan fingerprint density at radius 3 is 2.61 bits per heavy atom. The average molecular weight is 356 g/mol. The zero-order valence-electron chi connectivity index (χ0n) is 13.2. The van der Waals surface area contributed by atoms with Gasteiger partial charge in [-0.05, 0) is 42.8 Å². The number of rotatable bonds is 6. The van der Waals surface area contributed by atoms with Crippen molar-refractivity contribution in [1.82, 2.24) is 4.90 Å². The zero-order valence-corrected chi connectivity index (χ0v) is 14.8. The molecule has 0 bridgehead atoms. The van der Waals surface area contributed by atoms with Gasteiger partial charge in [-0.1, -0.05) is 18.5 Å². The molecular weight excluding hydrogens is 338 g/mol. The first-order valence-electron chi connectivity index (χ1n) is 7.27. The molecule has 1 aromatic rings. The number of amides is 2. The second kappa shape index (κ2) is 7.75. The van der Waals surface area contributed by atoms with Gasteiger partial charge in [0.1, 0.15) is 0 Å². The maximum absolute atomic E-state index is 12.3. The molecule has 0 spiro atoms. The SMILES string of the molecule is CCCN1C(=O)S/C(=C/c2cc(OCC)c(OC)cc2Cl)C1=O. The first-order chi connectivity index (χ1) is 11.0. The molecule has 2 amide bonds. The Bertz CT molecular complexity index is 660. The van der Waals surface area contributed by atoms with Crippen LogP contribution in [0.1, 0.15) is 25.8 Å². The van der Waals surface area contributed by atoms with E-state index in [1.807, 2.05) is 13.8 Å². The van der Waals surface area contributed by atoms with Gasteiger partial charge in [-0.3, -0.25) is 14.5 Å². The summed E-state index contributed by atoms with van der Waals surface area (Å²) < 4.78 is 10.7. The zero-order chi connectivity index (χ0) is 17.0. The van der Waals surface area contributed by atoms with E-state index in [0.29, 0.717) is 40.1 Å². The van der Waals surface area contributed by atoms with Crippen molar-refractivity contribution in [2.45, 2.75) is 20.3 Å². The number of carbonyl (C=O) groups is 2. The van der Waals surface area contributed by atoms with E-state index < -0.39 is 0 Å². The molecule has 0 aliphatic carbocycles. The Kier molecular flexibility index (Phi) is 5.96. The first-order valence-corrected chi connectivity index (χ1v) is 8.46. The van der Waals surface area contributed by atoms with Crippen LogP contribution in [0.4, 0.5) is 4.79 Å². The van der Waals surface area contributed by atoms with Gasteiger partial charge in [0.25, 0.3) is 11.1 Å². The fourth-order valence-corrected chi connectivity index (χ4v) is 3.21. The Balaban J connectivity index is 2.37. The van der Waals surface area contributed by atoms with Crippen LogP contribution in [0.3, 0.4) is 0 Å². The predicted molar refractivity (Wildman–Crippen MR) is 92.1 cm³/mol. The third-order valence-electron chi connectivity index (χ3n) is 3.19. The molecule has 124 valence electrons. The van der Waals surface area contributed by atoms with Crippen LogP contribution in [0.2, 0.25) is 5.02 Å². The van der Waals surface area contributed by atoms with E-state index in [2.05, 4.69) is 0 Å². The van der Waals surface area contributed by atoms with Gasteiger partial charge in [-0.15, -0.1) is 0 Å². The second-order valence-corrected chi connectivity index (χ2v) is 6.19. The fraction of sp³-hybridized carbons (Fsp3) is 0.375. The maximum atomic E-state index is 12.3. The van der Waals surface area contributed by atoms with Gasteiger partial charge in [-0.2, -0.15) is 0 Å². The highest BCUT2D eigenvalue weighted by Crippen LogP contribution is 2.37. The van der Waals surface area contributed by atoms with Gasteiger partial charge < -0.3 is 9.47 Å². The lowest BCUT2D eigenvalue weighted by Gasteiger charge is -2.12. The molecule has 1 aliphatic rings. The summed E-state index contributed by atoms with van der Waals surface area (Å²) in [6, 6.07) is 3.34. The van der Waals surface area contributed by atoms with Gasteiger partial charge in [0, 0.05) is 12.6 Å². The molecular formula is C16H18ClNO4S. The maximum Gasteiger partial charge on any atom is 0.293 e. The minimum atomic E-state index is -0.285. The molecule has 0 N–H and O–H groups in total. The average Bonchev–Trinajstić information content (AvgIpc) is 2.78. The lowest BCUT2D eigenvalue weighted by molar-refractivity contribution is -0.122. The summed E-state index contributed by atoms with van der Waals surface area (Å²) in [6.07, 6.45) is 2.34. The van der Waals surface area contributed by atoms with E-state index in [9.17, 15) is 9.59 Å². The van der Waals surface area contributed by atoms with Crippen molar-refractivity contribution in [2.75, 3.05) is 20.3 Å². The smallest absolute Gasteiger partial charge is 0.293 e. The number of halogens is 1. The van der Waals surface area contributed by atoms with E-state index in [1.165, 1.54) is 12.0 Å². The van der Waals surface area contributed by atoms with Crippen molar-refractivity contribution >= 4 is 40.6 Å². The number of nitrogens with zero attached hydrogens (tertiary/aromatic N) is 1. The van der Waals surface area contributed by atoms with Crippen LogP contribution in [0, 0.1) is 0 Å². The predicted octanol–water partition coefficient (Wildman–Crippen LogP) is 4.19. The molecule has 7 heteroatoms. The summed E-state index contributed by atoms with van der Waals surface area (Å²) >= 11 is 7.16. The first kappa shape index (κ1) is 17.7. The van der Waals surface area contributed by atoms with Crippen molar-refractivity contribution in [2.24, 2.45) is 0 Å². The summed E-state index contributed by atoms with van der Waals surface area (Å²) in [7, 11) is 1.53. The van der Waals surface area contributed by atoms with Crippen molar-refractivity contribution in [1.29, 1.82) is 0 Å². The largest absolute Gasteiger partial charge is 0.493 e. The molecule has 0 radical (unpaired) electrons. The summed E-state index contributed by atoms with van der Waals surface area (Å²) in [6.45, 7) is 4.68. The van der Waals surface area contributed by atoms with Gasteiger partial charge in [0.15, 0.2) is 11.5 Å². The Morgan fingerprint density at radius 2 is 2.00 bits per heavy atom. The summed E-state index contributed by atoms with van der Waals surface area (Å²) in [5, 5.41) is 0.172. The molecule has 1 aromatic carbocycles. The Hall–Kier alpha value is -1.66. The van der Waals surface area contributed by atoms with E-state index >= 15 is 0 Å². The van der Waals surface area contributed by atoms with Crippen LogP contribution >= 0.6 is 23.4 Å². The van der Waals surface area contributed by atoms with E-state index in [1.54, 1.807) is 18.2 Å². The Morgan fingerprint density at radius 1 is 1.26 bits per heavy atom. The fourth-order valence-electron chi connectivity index (χ4n) is 2.15. The normalized spacial score (nSPS) is 16.3. The van der Waals surface area contributed by atoms with Crippen LogP contribution < -0.4 is 9.47 Å². The minimum Gasteiger partial charge on any atom is -0.493 e. The lowest BCUT2D eigenvalue weighted by Crippen LogP contribution is -2.28. The van der Waals surface area contributed by atoms with Gasteiger partial charge in [0.2, 0.25) is 0 Å². The second-order valence-electron chi connectivity index (χ2n) is 4.79. The lowest BCUT2D eigenvalue weighted by atomic mass is 10.1. The van der Waals surface area contributed by atoms with Crippen LogP contribution in [0.15, 0.2) is 17.0 Å². The van der Waals surface area contributed by atoms with Crippen LogP contribution in [-0.4, -0.2) is 36.3 Å². The number of carbonyl (C=O) groups excluding carboxylic acids is 2. The molecule has 0 saturated carbocycles. The molecule has 23 heavy (non-hydrogen) atoms. The summed E-state index contributed by atoms with van der Waals surface area (Å²) in [4.78, 5) is 25.8. The number of ether oxygens (including phenoxy) is 2. The molecule has 0 aromatic heterocycles. The molecule has 1 saturated heterocycles. The van der Waals surface area contributed by atoms with Crippen LogP contribution in [0.5, 0.6) is 11.5 Å². The number of methoxy groups -OCH3 is 1. The topological polar surface area (TPSA) is 55.8 Å². The van der Waals surface area contributed by atoms with Crippen molar-refractivity contribution in [3.8, 4) is 11.5 Å². The van der Waals surface area contributed by atoms with Crippen molar-refractivity contribution in [3.63, 3.8) is 0 Å². The monoisotopic (exact) mass is 355 g/mol. The molecule has 1 aliphatic heterocycles. The number of hydrogen-bond acceptors (Lipinski definition) is 5. The van der Waals surface area contributed by atoms with E-state index in [0.717, 1.165) is 18.2 Å². The quantitative estimate of drug-likeness (QED) is 0.716. The highest BCUT2D eigenvalue weighted by Gasteiger charge is 2.34. The molecule has 1 fully saturated rings. The van der Waals surface area contributed by atoms with Crippen molar-refractivity contribution < 1.29 is 19.1 Å². The summed E-state index contributed by atoms with van der Waals surface area (Å²) in [5.41, 5.74) is 0.609. The minimum absolute atomic E-state index is 0.252. The van der Waals surface area contributed by atoms with E-state index in [-0.39, 0.29) is 11.1 Å². The van der Waals surface area contributed by atoms with Crippen LogP contribution in [0.25, 0.3) is 6.08 Å². The van der Waals surface area contributed by atoms with Crippen molar-refractivity contribution in [3.05, 3.63) is 27.6 Å². The number of hydrogen-bond donors (Lipinski definition) is 0. The standard InChI is InChI=1S/C16H18ClNO4S/c1-4-6-18-15(19)14(23-16(18)20)8-10-7-13(22-5-2)12(21-3)9-11(10)17/h7-9H,4-6H2,1-3H3/b14-8+.